The predicted molar refractivity (Wildman–Crippen MR) is 111 cm³/mol. The zero-order valence-electron chi connectivity index (χ0n) is 16.2. The quantitative estimate of drug-likeness (QED) is 0.353. The van der Waals surface area contributed by atoms with Crippen LogP contribution in [0, 0.1) is 10.1 Å². The molecule has 0 unspecified atom stereocenters. The minimum absolute atomic E-state index is 0.0415. The molecule has 0 saturated heterocycles. The van der Waals surface area contributed by atoms with Crippen molar-refractivity contribution in [2.45, 2.75) is 13.1 Å². The molecule has 4 aromatic rings. The summed E-state index contributed by atoms with van der Waals surface area (Å²) in [6, 6.07) is 11.2. The molecule has 156 valence electrons. The van der Waals surface area contributed by atoms with Gasteiger partial charge in [0.25, 0.3) is 17.2 Å². The molecule has 4 rings (SSSR count). The molecule has 0 saturated carbocycles. The Morgan fingerprint density at radius 2 is 2.03 bits per heavy atom. The molecule has 11 heteroatoms. The normalized spacial score (nSPS) is 10.8. The molecule has 0 radical (unpaired) electrons. The average molecular weight is 419 g/mol. The lowest BCUT2D eigenvalue weighted by atomic mass is 10.2. The van der Waals surface area contributed by atoms with E-state index in [9.17, 15) is 19.7 Å². The summed E-state index contributed by atoms with van der Waals surface area (Å²) in [6.45, 7) is 0.753. The number of aromatic nitrogens is 5. The van der Waals surface area contributed by atoms with E-state index in [0.29, 0.717) is 28.8 Å². The number of nitrogens with one attached hydrogen (secondary N) is 1. The number of pyridine rings is 1. The van der Waals surface area contributed by atoms with Gasteiger partial charge in [-0.2, -0.15) is 5.10 Å². The maximum absolute atomic E-state index is 12.8. The number of carbonyl (C=O) groups excluding carboxylic acids is 1. The number of hydrogen-bond donors (Lipinski definition) is 1. The summed E-state index contributed by atoms with van der Waals surface area (Å²) in [7, 11) is 0. The van der Waals surface area contributed by atoms with Crippen LogP contribution in [0.1, 0.15) is 16.1 Å². The standard InChI is InChI=1S/C20H17N7O4/c28-19(17-6-1-2-7-21-17)22-8-9-26-18-16(11-24-26)20(29)25(13-23-18)12-14-4-3-5-15(10-14)27(30)31/h1-7,10-11,13H,8-9,12H2,(H,22,28). The van der Waals surface area contributed by atoms with Crippen molar-refractivity contribution in [3.05, 3.63) is 92.9 Å². The summed E-state index contributed by atoms with van der Waals surface area (Å²) >= 11 is 0. The number of carbonyl (C=O) groups is 1. The summed E-state index contributed by atoms with van der Waals surface area (Å²) < 4.78 is 2.91. The van der Waals surface area contributed by atoms with Crippen LogP contribution in [-0.2, 0) is 13.1 Å². The van der Waals surface area contributed by atoms with E-state index in [2.05, 4.69) is 20.4 Å². The van der Waals surface area contributed by atoms with Crippen molar-refractivity contribution in [1.29, 1.82) is 0 Å². The Balaban J connectivity index is 1.48. The van der Waals surface area contributed by atoms with Crippen LogP contribution in [0.4, 0.5) is 5.69 Å². The zero-order valence-corrected chi connectivity index (χ0v) is 16.2. The largest absolute Gasteiger partial charge is 0.349 e. The van der Waals surface area contributed by atoms with E-state index in [-0.39, 0.29) is 30.2 Å². The second-order valence-corrected chi connectivity index (χ2v) is 6.68. The molecule has 3 aromatic heterocycles. The van der Waals surface area contributed by atoms with Gasteiger partial charge in [0.05, 0.1) is 24.2 Å². The van der Waals surface area contributed by atoms with Gasteiger partial charge >= 0.3 is 0 Å². The van der Waals surface area contributed by atoms with Gasteiger partial charge in [-0.05, 0) is 17.7 Å². The molecule has 1 aromatic carbocycles. The molecule has 31 heavy (non-hydrogen) atoms. The van der Waals surface area contributed by atoms with Crippen LogP contribution in [0.2, 0.25) is 0 Å². The Morgan fingerprint density at radius 1 is 1.16 bits per heavy atom. The summed E-state index contributed by atoms with van der Waals surface area (Å²) in [4.78, 5) is 43.6. The predicted octanol–water partition coefficient (Wildman–Crippen LogP) is 1.37. The molecular formula is C20H17N7O4. The third-order valence-corrected chi connectivity index (χ3v) is 4.60. The van der Waals surface area contributed by atoms with Gasteiger partial charge in [-0.1, -0.05) is 18.2 Å². The highest BCUT2D eigenvalue weighted by atomic mass is 16.6. The lowest BCUT2D eigenvalue weighted by molar-refractivity contribution is -0.384. The first-order valence-corrected chi connectivity index (χ1v) is 9.36. The molecule has 0 aliphatic heterocycles. The van der Waals surface area contributed by atoms with E-state index in [1.807, 2.05) is 0 Å². The van der Waals surface area contributed by atoms with Gasteiger partial charge in [-0.25, -0.2) is 9.67 Å². The van der Waals surface area contributed by atoms with Crippen molar-refractivity contribution in [2.75, 3.05) is 6.54 Å². The van der Waals surface area contributed by atoms with E-state index < -0.39 is 4.92 Å². The molecule has 11 nitrogen and oxygen atoms in total. The highest BCUT2D eigenvalue weighted by Crippen LogP contribution is 2.14. The Hall–Kier alpha value is -4.41. The van der Waals surface area contributed by atoms with Crippen LogP contribution in [-0.4, -0.2) is 41.7 Å². The van der Waals surface area contributed by atoms with Gasteiger partial charge in [-0.3, -0.25) is 29.3 Å². The lowest BCUT2D eigenvalue weighted by Crippen LogP contribution is -2.28. The summed E-state index contributed by atoms with van der Waals surface area (Å²) in [5.74, 6) is -0.302. The fraction of sp³-hybridized carbons (Fsp3) is 0.150. The Bertz CT molecular complexity index is 1310. The van der Waals surface area contributed by atoms with Gasteiger partial charge in [0.15, 0.2) is 5.65 Å². The molecule has 3 heterocycles. The maximum atomic E-state index is 12.8. The number of non-ortho nitro benzene ring substituents is 1. The highest BCUT2D eigenvalue weighted by Gasteiger charge is 2.12. The van der Waals surface area contributed by atoms with Crippen molar-refractivity contribution in [1.82, 2.24) is 29.6 Å². The lowest BCUT2D eigenvalue weighted by Gasteiger charge is -2.07. The van der Waals surface area contributed by atoms with Crippen LogP contribution < -0.4 is 10.9 Å². The van der Waals surface area contributed by atoms with Gasteiger partial charge in [0.1, 0.15) is 17.4 Å². The van der Waals surface area contributed by atoms with Crippen molar-refractivity contribution < 1.29 is 9.72 Å². The monoisotopic (exact) mass is 419 g/mol. The van der Waals surface area contributed by atoms with Gasteiger partial charge in [0.2, 0.25) is 0 Å². The van der Waals surface area contributed by atoms with Crippen LogP contribution >= 0.6 is 0 Å². The number of amides is 1. The minimum atomic E-state index is -0.482. The number of fused-ring (bicyclic) bond motifs is 1. The summed E-state index contributed by atoms with van der Waals surface area (Å²) in [5, 5.41) is 18.2. The molecule has 0 aliphatic carbocycles. The number of nitro benzene ring substituents is 1. The first kappa shape index (κ1) is 19.9. The number of rotatable bonds is 7. The van der Waals surface area contributed by atoms with E-state index in [1.165, 1.54) is 33.9 Å². The van der Waals surface area contributed by atoms with Gasteiger partial charge < -0.3 is 5.32 Å². The molecule has 0 fully saturated rings. The fourth-order valence-electron chi connectivity index (χ4n) is 3.10. The van der Waals surface area contributed by atoms with E-state index in [4.69, 9.17) is 0 Å². The van der Waals surface area contributed by atoms with Crippen LogP contribution in [0.25, 0.3) is 11.0 Å². The molecule has 0 bridgehead atoms. The Morgan fingerprint density at radius 3 is 2.81 bits per heavy atom. The van der Waals surface area contributed by atoms with Crippen LogP contribution in [0.15, 0.2) is 66.0 Å². The van der Waals surface area contributed by atoms with Crippen LogP contribution in [0.5, 0.6) is 0 Å². The van der Waals surface area contributed by atoms with Crippen LogP contribution in [0.3, 0.4) is 0 Å². The van der Waals surface area contributed by atoms with E-state index >= 15 is 0 Å². The highest BCUT2D eigenvalue weighted by molar-refractivity contribution is 5.92. The zero-order chi connectivity index (χ0) is 21.8. The maximum Gasteiger partial charge on any atom is 0.269 e. The van der Waals surface area contributed by atoms with Gasteiger partial charge in [-0.15, -0.1) is 0 Å². The number of hydrogen-bond acceptors (Lipinski definition) is 7. The van der Waals surface area contributed by atoms with E-state index in [1.54, 1.807) is 36.5 Å². The number of nitrogens with zero attached hydrogens (tertiary/aromatic N) is 6. The fourth-order valence-corrected chi connectivity index (χ4v) is 3.10. The van der Waals surface area contributed by atoms with Crippen molar-refractivity contribution >= 4 is 22.6 Å². The summed E-state index contributed by atoms with van der Waals surface area (Å²) in [5.41, 5.74) is 0.977. The smallest absolute Gasteiger partial charge is 0.269 e. The third-order valence-electron chi connectivity index (χ3n) is 4.60. The molecule has 0 atom stereocenters. The summed E-state index contributed by atoms with van der Waals surface area (Å²) in [6.07, 6.45) is 4.35. The first-order chi connectivity index (χ1) is 15.0. The van der Waals surface area contributed by atoms with Crippen molar-refractivity contribution in [3.63, 3.8) is 0 Å². The second kappa shape index (κ2) is 8.53. The molecule has 1 N–H and O–H groups in total. The Kier molecular flexibility index (Phi) is 5.47. The van der Waals surface area contributed by atoms with Gasteiger partial charge in [0, 0.05) is 24.9 Å². The Labute approximate surface area is 175 Å². The van der Waals surface area contributed by atoms with E-state index in [0.717, 1.165) is 0 Å². The third kappa shape index (κ3) is 4.29. The molecule has 0 aliphatic rings. The van der Waals surface area contributed by atoms with Crippen molar-refractivity contribution in [2.24, 2.45) is 0 Å². The molecular weight excluding hydrogens is 402 g/mol. The molecule has 1 amide bonds. The first-order valence-electron chi connectivity index (χ1n) is 9.36. The molecule has 0 spiro atoms. The average Bonchev–Trinajstić information content (AvgIpc) is 3.20. The number of benzene rings is 1. The minimum Gasteiger partial charge on any atom is -0.349 e. The SMILES string of the molecule is O=C(NCCn1ncc2c(=O)n(Cc3cccc([N+](=O)[O-])c3)cnc21)c1ccccn1. The van der Waals surface area contributed by atoms with Crippen molar-refractivity contribution in [3.8, 4) is 0 Å². The second-order valence-electron chi connectivity index (χ2n) is 6.68. The number of nitro groups is 1. The topological polar surface area (TPSA) is 138 Å².